The normalized spacial score (nSPS) is 20.1. The van der Waals surface area contributed by atoms with Crippen LogP contribution in [-0.2, 0) is 4.74 Å². The first-order valence-electron chi connectivity index (χ1n) is 5.79. The van der Waals surface area contributed by atoms with Crippen molar-refractivity contribution in [2.24, 2.45) is 5.92 Å². The minimum atomic E-state index is 0.0702. The van der Waals surface area contributed by atoms with Gasteiger partial charge >= 0.3 is 0 Å². The van der Waals surface area contributed by atoms with E-state index < -0.39 is 0 Å². The van der Waals surface area contributed by atoms with E-state index in [-0.39, 0.29) is 11.7 Å². The van der Waals surface area contributed by atoms with Gasteiger partial charge in [-0.25, -0.2) is 0 Å². The quantitative estimate of drug-likeness (QED) is 0.713. The predicted octanol–water partition coefficient (Wildman–Crippen LogP) is 2.83. The standard InChI is InChI=1S/C14H18O2/c1-9-6-11(3)13(7-10(9)2)14(15)12-4-5-16-8-12/h6-7,12H,4-5,8H2,1-3H3. The number of carbonyl (C=O) groups is 1. The molecular formula is C14H18O2. The van der Waals surface area contributed by atoms with E-state index in [9.17, 15) is 4.79 Å². The Kier molecular flexibility index (Phi) is 3.10. The van der Waals surface area contributed by atoms with Crippen molar-refractivity contribution >= 4 is 5.78 Å². The first kappa shape index (κ1) is 11.3. The van der Waals surface area contributed by atoms with Gasteiger partial charge in [0, 0.05) is 18.1 Å². The summed E-state index contributed by atoms with van der Waals surface area (Å²) >= 11 is 0. The third-order valence-corrected chi connectivity index (χ3v) is 3.41. The van der Waals surface area contributed by atoms with E-state index >= 15 is 0 Å². The molecule has 1 aliphatic heterocycles. The Morgan fingerprint density at radius 1 is 1.19 bits per heavy atom. The number of hydrogen-bond donors (Lipinski definition) is 0. The summed E-state index contributed by atoms with van der Waals surface area (Å²) in [7, 11) is 0. The highest BCUT2D eigenvalue weighted by molar-refractivity contribution is 5.99. The van der Waals surface area contributed by atoms with E-state index in [1.54, 1.807) is 0 Å². The summed E-state index contributed by atoms with van der Waals surface area (Å²) in [5, 5.41) is 0. The van der Waals surface area contributed by atoms with Gasteiger partial charge in [-0.3, -0.25) is 4.79 Å². The van der Waals surface area contributed by atoms with Crippen LogP contribution in [0.2, 0.25) is 0 Å². The predicted molar refractivity (Wildman–Crippen MR) is 63.9 cm³/mol. The Bertz CT molecular complexity index is 415. The molecule has 1 atom stereocenters. The molecule has 1 aromatic rings. The molecule has 0 saturated carbocycles. The van der Waals surface area contributed by atoms with Crippen molar-refractivity contribution in [1.29, 1.82) is 0 Å². The zero-order chi connectivity index (χ0) is 11.7. The van der Waals surface area contributed by atoms with E-state index in [4.69, 9.17) is 4.74 Å². The lowest BCUT2D eigenvalue weighted by atomic mass is 9.91. The fraction of sp³-hybridized carbons (Fsp3) is 0.500. The molecule has 0 aliphatic carbocycles. The average Bonchev–Trinajstić information content (AvgIpc) is 2.75. The van der Waals surface area contributed by atoms with Crippen LogP contribution in [0.4, 0.5) is 0 Å². The molecular weight excluding hydrogens is 200 g/mol. The second kappa shape index (κ2) is 4.38. The summed E-state index contributed by atoms with van der Waals surface area (Å²) in [6.45, 7) is 7.45. The third kappa shape index (κ3) is 2.03. The molecule has 2 rings (SSSR count). The number of carbonyl (C=O) groups excluding carboxylic acids is 1. The minimum Gasteiger partial charge on any atom is -0.381 e. The van der Waals surface area contributed by atoms with E-state index in [0.29, 0.717) is 6.61 Å². The van der Waals surface area contributed by atoms with Crippen molar-refractivity contribution in [2.45, 2.75) is 27.2 Å². The van der Waals surface area contributed by atoms with Gasteiger partial charge in [0.15, 0.2) is 5.78 Å². The first-order chi connectivity index (χ1) is 7.59. The monoisotopic (exact) mass is 218 g/mol. The number of aryl methyl sites for hydroxylation is 3. The molecule has 1 aliphatic rings. The van der Waals surface area contributed by atoms with Crippen molar-refractivity contribution in [2.75, 3.05) is 13.2 Å². The molecule has 0 amide bonds. The maximum atomic E-state index is 12.3. The van der Waals surface area contributed by atoms with Gasteiger partial charge in [0.05, 0.1) is 6.61 Å². The second-order valence-electron chi connectivity index (χ2n) is 4.68. The number of hydrogen-bond acceptors (Lipinski definition) is 2. The fourth-order valence-electron chi connectivity index (χ4n) is 2.19. The highest BCUT2D eigenvalue weighted by Gasteiger charge is 2.25. The Morgan fingerprint density at radius 3 is 2.50 bits per heavy atom. The van der Waals surface area contributed by atoms with Crippen molar-refractivity contribution in [1.82, 2.24) is 0 Å². The van der Waals surface area contributed by atoms with Crippen LogP contribution in [0.3, 0.4) is 0 Å². The van der Waals surface area contributed by atoms with Gasteiger partial charge in [-0.2, -0.15) is 0 Å². The van der Waals surface area contributed by atoms with Gasteiger partial charge in [0.1, 0.15) is 0 Å². The van der Waals surface area contributed by atoms with Crippen molar-refractivity contribution in [3.05, 3.63) is 34.4 Å². The van der Waals surface area contributed by atoms with Gasteiger partial charge in [0.25, 0.3) is 0 Å². The molecule has 2 nitrogen and oxygen atoms in total. The van der Waals surface area contributed by atoms with Gasteiger partial charge in [-0.15, -0.1) is 0 Å². The average molecular weight is 218 g/mol. The Labute approximate surface area is 96.6 Å². The molecule has 0 radical (unpaired) electrons. The SMILES string of the molecule is Cc1cc(C)c(C(=O)C2CCOC2)cc1C. The van der Waals surface area contributed by atoms with Crippen LogP contribution in [0.5, 0.6) is 0 Å². The maximum absolute atomic E-state index is 12.3. The number of ketones is 1. The summed E-state index contributed by atoms with van der Waals surface area (Å²) in [5.41, 5.74) is 4.39. The van der Waals surface area contributed by atoms with Crippen molar-refractivity contribution < 1.29 is 9.53 Å². The van der Waals surface area contributed by atoms with Crippen LogP contribution in [0.15, 0.2) is 12.1 Å². The van der Waals surface area contributed by atoms with E-state index in [1.165, 1.54) is 11.1 Å². The number of rotatable bonds is 2. The third-order valence-electron chi connectivity index (χ3n) is 3.41. The molecule has 1 fully saturated rings. The van der Waals surface area contributed by atoms with Crippen LogP contribution in [0.25, 0.3) is 0 Å². The molecule has 1 saturated heterocycles. The summed E-state index contributed by atoms with van der Waals surface area (Å²) in [4.78, 5) is 12.3. The lowest BCUT2D eigenvalue weighted by Gasteiger charge is -2.12. The topological polar surface area (TPSA) is 26.3 Å². The van der Waals surface area contributed by atoms with Gasteiger partial charge < -0.3 is 4.74 Å². The molecule has 0 bridgehead atoms. The first-order valence-corrected chi connectivity index (χ1v) is 5.79. The largest absolute Gasteiger partial charge is 0.381 e. The summed E-state index contributed by atoms with van der Waals surface area (Å²) in [6, 6.07) is 4.11. The molecule has 0 N–H and O–H groups in total. The minimum absolute atomic E-state index is 0.0702. The maximum Gasteiger partial charge on any atom is 0.168 e. The Morgan fingerprint density at radius 2 is 1.88 bits per heavy atom. The molecule has 2 heteroatoms. The van der Waals surface area contributed by atoms with Gasteiger partial charge in [-0.05, 0) is 49.9 Å². The highest BCUT2D eigenvalue weighted by Crippen LogP contribution is 2.22. The summed E-state index contributed by atoms with van der Waals surface area (Å²) in [6.07, 6.45) is 0.866. The van der Waals surface area contributed by atoms with E-state index in [1.807, 2.05) is 13.0 Å². The molecule has 86 valence electrons. The van der Waals surface area contributed by atoms with Crippen LogP contribution in [0.1, 0.15) is 33.5 Å². The number of ether oxygens (including phenoxy) is 1. The summed E-state index contributed by atoms with van der Waals surface area (Å²) < 4.78 is 5.27. The van der Waals surface area contributed by atoms with Crippen LogP contribution in [0, 0.1) is 26.7 Å². The molecule has 1 aromatic carbocycles. The summed E-state index contributed by atoms with van der Waals surface area (Å²) in [5.74, 6) is 0.318. The molecule has 0 aromatic heterocycles. The number of benzene rings is 1. The molecule has 1 heterocycles. The van der Waals surface area contributed by atoms with Gasteiger partial charge in [-0.1, -0.05) is 6.07 Å². The Hall–Kier alpha value is -1.15. The molecule has 16 heavy (non-hydrogen) atoms. The van der Waals surface area contributed by atoms with Crippen LogP contribution < -0.4 is 0 Å². The molecule has 0 spiro atoms. The zero-order valence-electron chi connectivity index (χ0n) is 10.2. The van der Waals surface area contributed by atoms with Crippen molar-refractivity contribution in [3.63, 3.8) is 0 Å². The van der Waals surface area contributed by atoms with Crippen LogP contribution in [-0.4, -0.2) is 19.0 Å². The zero-order valence-corrected chi connectivity index (χ0v) is 10.2. The van der Waals surface area contributed by atoms with Gasteiger partial charge in [0.2, 0.25) is 0 Å². The van der Waals surface area contributed by atoms with E-state index in [0.717, 1.165) is 24.2 Å². The lowest BCUT2D eigenvalue weighted by Crippen LogP contribution is -2.16. The van der Waals surface area contributed by atoms with Crippen LogP contribution >= 0.6 is 0 Å². The smallest absolute Gasteiger partial charge is 0.168 e. The van der Waals surface area contributed by atoms with E-state index in [2.05, 4.69) is 19.9 Å². The van der Waals surface area contributed by atoms with Crippen molar-refractivity contribution in [3.8, 4) is 0 Å². The fourth-order valence-corrected chi connectivity index (χ4v) is 2.19. The number of Topliss-reactive ketones (excluding diaryl/α,β-unsaturated/α-hetero) is 1. The highest BCUT2D eigenvalue weighted by atomic mass is 16.5. The second-order valence-corrected chi connectivity index (χ2v) is 4.68. The molecule has 1 unspecified atom stereocenters. The lowest BCUT2D eigenvalue weighted by molar-refractivity contribution is 0.0899. The Balaban J connectivity index is 2.32.